The van der Waals surface area contributed by atoms with Crippen molar-refractivity contribution in [1.29, 1.82) is 0 Å². The molecule has 0 radical (unpaired) electrons. The number of benzene rings is 2. The van der Waals surface area contributed by atoms with Crippen molar-refractivity contribution in [3.8, 4) is 16.9 Å². The molecule has 4 heteroatoms. The number of ether oxygens (including phenoxy) is 2. The van der Waals surface area contributed by atoms with Crippen LogP contribution in [0, 0.1) is 5.82 Å². The van der Waals surface area contributed by atoms with Gasteiger partial charge in [-0.3, -0.25) is 0 Å². The second kappa shape index (κ2) is 5.79. The van der Waals surface area contributed by atoms with Crippen LogP contribution in [0.15, 0.2) is 36.4 Å². The Labute approximate surface area is 128 Å². The van der Waals surface area contributed by atoms with Crippen LogP contribution in [-0.2, 0) is 4.74 Å². The lowest BCUT2D eigenvalue weighted by molar-refractivity contribution is 0.0597. The molecule has 0 heterocycles. The fourth-order valence-electron chi connectivity index (χ4n) is 2.65. The van der Waals surface area contributed by atoms with Crippen LogP contribution < -0.4 is 4.74 Å². The lowest BCUT2D eigenvalue weighted by Gasteiger charge is -2.15. The molecule has 3 rings (SSSR count). The Kier molecular flexibility index (Phi) is 3.84. The maximum Gasteiger partial charge on any atom is 0.341 e. The standard InChI is InChI=1S/C18H17FO3/c1-21-17-10-15(11-3-4-11)14(9-16(17)18(20)22-2)12-5-7-13(19)8-6-12/h5-11H,3-4H2,1-2H3. The highest BCUT2D eigenvalue weighted by molar-refractivity contribution is 5.94. The number of hydrogen-bond donors (Lipinski definition) is 0. The van der Waals surface area contributed by atoms with E-state index in [0.717, 1.165) is 29.5 Å². The van der Waals surface area contributed by atoms with Gasteiger partial charge in [0.1, 0.15) is 17.1 Å². The quantitative estimate of drug-likeness (QED) is 0.795. The average Bonchev–Trinajstić information content (AvgIpc) is 3.38. The molecule has 0 saturated heterocycles. The zero-order valence-electron chi connectivity index (χ0n) is 12.6. The molecule has 0 atom stereocenters. The normalized spacial score (nSPS) is 13.8. The summed E-state index contributed by atoms with van der Waals surface area (Å²) in [5, 5.41) is 0. The minimum Gasteiger partial charge on any atom is -0.496 e. The highest BCUT2D eigenvalue weighted by Crippen LogP contribution is 2.46. The maximum atomic E-state index is 13.2. The third-order valence-electron chi connectivity index (χ3n) is 3.95. The van der Waals surface area contributed by atoms with E-state index in [1.165, 1.54) is 26.4 Å². The van der Waals surface area contributed by atoms with Crippen molar-refractivity contribution in [2.45, 2.75) is 18.8 Å². The summed E-state index contributed by atoms with van der Waals surface area (Å²) in [7, 11) is 2.88. The van der Waals surface area contributed by atoms with Crippen molar-refractivity contribution < 1.29 is 18.7 Å². The molecule has 0 N–H and O–H groups in total. The van der Waals surface area contributed by atoms with Crippen LogP contribution in [0.5, 0.6) is 5.75 Å². The number of carbonyl (C=O) groups is 1. The fourth-order valence-corrected chi connectivity index (χ4v) is 2.65. The fraction of sp³-hybridized carbons (Fsp3) is 0.278. The van der Waals surface area contributed by atoms with E-state index in [1.807, 2.05) is 6.07 Å². The first-order valence-corrected chi connectivity index (χ1v) is 7.20. The lowest BCUT2D eigenvalue weighted by atomic mass is 9.94. The lowest BCUT2D eigenvalue weighted by Crippen LogP contribution is -2.06. The van der Waals surface area contributed by atoms with Gasteiger partial charge in [0.15, 0.2) is 0 Å². The third-order valence-corrected chi connectivity index (χ3v) is 3.95. The second-order valence-corrected chi connectivity index (χ2v) is 5.41. The number of methoxy groups -OCH3 is 2. The molecule has 0 bridgehead atoms. The predicted octanol–water partition coefficient (Wildman–Crippen LogP) is 4.17. The van der Waals surface area contributed by atoms with Crippen LogP contribution >= 0.6 is 0 Å². The van der Waals surface area contributed by atoms with Crippen molar-refractivity contribution in [2.75, 3.05) is 14.2 Å². The van der Waals surface area contributed by atoms with Gasteiger partial charge in [-0.15, -0.1) is 0 Å². The van der Waals surface area contributed by atoms with Gasteiger partial charge in [-0.2, -0.15) is 0 Å². The number of hydrogen-bond acceptors (Lipinski definition) is 3. The van der Waals surface area contributed by atoms with Gasteiger partial charge in [0.2, 0.25) is 0 Å². The molecule has 1 fully saturated rings. The Balaban J connectivity index is 2.17. The maximum absolute atomic E-state index is 13.2. The minimum absolute atomic E-state index is 0.279. The van der Waals surface area contributed by atoms with Crippen LogP contribution in [0.25, 0.3) is 11.1 Å². The Morgan fingerprint density at radius 1 is 1.14 bits per heavy atom. The molecule has 0 aromatic heterocycles. The first-order chi connectivity index (χ1) is 10.6. The topological polar surface area (TPSA) is 35.5 Å². The highest BCUT2D eigenvalue weighted by atomic mass is 19.1. The average molecular weight is 300 g/mol. The Bertz CT molecular complexity index is 703. The van der Waals surface area contributed by atoms with E-state index in [-0.39, 0.29) is 5.82 Å². The molecule has 2 aromatic carbocycles. The van der Waals surface area contributed by atoms with Gasteiger partial charge in [-0.05, 0) is 59.7 Å². The first-order valence-electron chi connectivity index (χ1n) is 7.20. The van der Waals surface area contributed by atoms with E-state index >= 15 is 0 Å². The molecule has 0 spiro atoms. The number of rotatable bonds is 4. The summed E-state index contributed by atoms with van der Waals surface area (Å²) in [6.45, 7) is 0. The van der Waals surface area contributed by atoms with Gasteiger partial charge in [0, 0.05) is 0 Å². The van der Waals surface area contributed by atoms with E-state index in [0.29, 0.717) is 17.2 Å². The zero-order valence-corrected chi connectivity index (χ0v) is 12.6. The summed E-state index contributed by atoms with van der Waals surface area (Å²) in [6.07, 6.45) is 2.24. The summed E-state index contributed by atoms with van der Waals surface area (Å²) >= 11 is 0. The van der Waals surface area contributed by atoms with Crippen LogP contribution in [0.2, 0.25) is 0 Å². The third kappa shape index (κ3) is 2.69. The molecule has 1 aliphatic rings. The van der Waals surface area contributed by atoms with E-state index < -0.39 is 5.97 Å². The van der Waals surface area contributed by atoms with Gasteiger partial charge in [-0.1, -0.05) is 12.1 Å². The van der Waals surface area contributed by atoms with Gasteiger partial charge in [0.25, 0.3) is 0 Å². The molecule has 1 saturated carbocycles. The number of esters is 1. The predicted molar refractivity (Wildman–Crippen MR) is 81.7 cm³/mol. The Morgan fingerprint density at radius 3 is 2.36 bits per heavy atom. The summed E-state index contributed by atoms with van der Waals surface area (Å²) < 4.78 is 23.3. The molecule has 2 aromatic rings. The summed E-state index contributed by atoms with van der Waals surface area (Å²) in [5.41, 5.74) is 3.34. The van der Waals surface area contributed by atoms with Crippen molar-refractivity contribution in [3.63, 3.8) is 0 Å². The minimum atomic E-state index is -0.442. The largest absolute Gasteiger partial charge is 0.496 e. The van der Waals surface area contributed by atoms with Crippen LogP contribution in [0.3, 0.4) is 0 Å². The van der Waals surface area contributed by atoms with Gasteiger partial charge < -0.3 is 9.47 Å². The van der Waals surface area contributed by atoms with E-state index in [1.54, 1.807) is 18.2 Å². The van der Waals surface area contributed by atoms with Crippen LogP contribution in [-0.4, -0.2) is 20.2 Å². The van der Waals surface area contributed by atoms with Crippen molar-refractivity contribution in [1.82, 2.24) is 0 Å². The molecule has 0 unspecified atom stereocenters. The second-order valence-electron chi connectivity index (χ2n) is 5.41. The first kappa shape index (κ1) is 14.6. The molecule has 3 nitrogen and oxygen atoms in total. The van der Waals surface area contributed by atoms with E-state index in [4.69, 9.17) is 9.47 Å². The smallest absolute Gasteiger partial charge is 0.341 e. The van der Waals surface area contributed by atoms with E-state index in [9.17, 15) is 9.18 Å². The van der Waals surface area contributed by atoms with Crippen molar-refractivity contribution in [2.24, 2.45) is 0 Å². The van der Waals surface area contributed by atoms with Gasteiger partial charge in [0.05, 0.1) is 14.2 Å². The summed E-state index contributed by atoms with van der Waals surface area (Å²) in [5.74, 6) is 0.265. The molecule has 1 aliphatic carbocycles. The molecule has 22 heavy (non-hydrogen) atoms. The molecule has 0 amide bonds. The monoisotopic (exact) mass is 300 g/mol. The molecular weight excluding hydrogens is 283 g/mol. The Hall–Kier alpha value is -2.36. The molecule has 0 aliphatic heterocycles. The zero-order chi connectivity index (χ0) is 15.7. The SMILES string of the molecule is COC(=O)c1cc(-c2ccc(F)cc2)c(C2CC2)cc1OC. The van der Waals surface area contributed by atoms with Gasteiger partial charge >= 0.3 is 5.97 Å². The van der Waals surface area contributed by atoms with Crippen molar-refractivity contribution >= 4 is 5.97 Å². The Morgan fingerprint density at radius 2 is 1.82 bits per heavy atom. The van der Waals surface area contributed by atoms with Gasteiger partial charge in [-0.25, -0.2) is 9.18 Å². The van der Waals surface area contributed by atoms with Crippen LogP contribution in [0.1, 0.15) is 34.7 Å². The van der Waals surface area contributed by atoms with Crippen LogP contribution in [0.4, 0.5) is 4.39 Å². The number of halogens is 1. The summed E-state index contributed by atoms with van der Waals surface area (Å²) in [4.78, 5) is 12.0. The highest BCUT2D eigenvalue weighted by Gasteiger charge is 2.29. The molecule has 114 valence electrons. The number of carbonyl (C=O) groups excluding carboxylic acids is 1. The van der Waals surface area contributed by atoms with Crippen molar-refractivity contribution in [3.05, 3.63) is 53.3 Å². The summed E-state index contributed by atoms with van der Waals surface area (Å²) in [6, 6.07) is 9.99. The molecular formula is C18H17FO3. The van der Waals surface area contributed by atoms with E-state index in [2.05, 4.69) is 0 Å².